The number of rotatable bonds is 4. The molecule has 6 nitrogen and oxygen atoms in total. The van der Waals surface area contributed by atoms with Gasteiger partial charge in [-0.25, -0.2) is 9.97 Å². The molecule has 2 aromatic carbocycles. The highest BCUT2D eigenvalue weighted by atomic mass is 35.5. The van der Waals surface area contributed by atoms with E-state index < -0.39 is 11.1 Å². The van der Waals surface area contributed by atoms with Gasteiger partial charge in [0, 0.05) is 29.1 Å². The van der Waals surface area contributed by atoms with Gasteiger partial charge in [-0.3, -0.25) is 5.01 Å². The predicted octanol–water partition coefficient (Wildman–Crippen LogP) is 4.90. The second kappa shape index (κ2) is 10.1. The van der Waals surface area contributed by atoms with Crippen LogP contribution < -0.4 is 10.2 Å². The Hall–Kier alpha value is -1.67. The number of amides is 1. The number of hydroxylamine groups is 1. The molecule has 1 unspecified atom stereocenters. The highest BCUT2D eigenvalue weighted by Crippen LogP contribution is 2.42. The molecule has 4 rings (SSSR count). The maximum absolute atomic E-state index is 13.3. The quantitative estimate of drug-likeness (QED) is 0.613. The van der Waals surface area contributed by atoms with E-state index in [-0.39, 0.29) is 17.7 Å². The molecule has 1 N–H and O–H groups in total. The summed E-state index contributed by atoms with van der Waals surface area (Å²) in [7, 11) is 0. The van der Waals surface area contributed by atoms with Crippen molar-refractivity contribution in [2.24, 2.45) is 11.0 Å². The third kappa shape index (κ3) is 4.81. The van der Waals surface area contributed by atoms with Gasteiger partial charge in [0.2, 0.25) is 0 Å². The van der Waals surface area contributed by atoms with Crippen LogP contribution in [0.15, 0.2) is 47.6 Å². The van der Waals surface area contributed by atoms with Crippen LogP contribution in [0.1, 0.15) is 44.2 Å². The van der Waals surface area contributed by atoms with Gasteiger partial charge >= 0.3 is 5.91 Å². The molecule has 0 aliphatic carbocycles. The fraction of sp³-hybridized carbons (Fsp3) is 0.391. The smallest absolute Gasteiger partial charge is 0.380 e. The maximum atomic E-state index is 13.3. The molecule has 9 heteroatoms. The van der Waals surface area contributed by atoms with Crippen molar-refractivity contribution in [1.29, 1.82) is 0 Å². The normalized spacial score (nSPS) is 23.0. The minimum absolute atomic E-state index is 0.241. The summed E-state index contributed by atoms with van der Waals surface area (Å²) >= 11 is 18.7. The molecule has 170 valence electrons. The standard InChI is InChI=1S/C23H25Cl3N4O2/c1-15-21(23(31)30(32)28-12-4-2-3-5-13-28)27-29(20-11-10-18(25)14-19(20)26)22(15)16-6-8-17(24)9-7-16/h6-11,14-15,22,30H,2-5,12-13H2,1H3/t15-,22+/m1/s1. The third-order valence-electron chi connectivity index (χ3n) is 6.07. The Bertz CT molecular complexity index is 1010. The molecule has 32 heavy (non-hydrogen) atoms. The highest BCUT2D eigenvalue weighted by molar-refractivity contribution is 6.38. The van der Waals surface area contributed by atoms with Crippen LogP contribution in [0.25, 0.3) is 0 Å². The summed E-state index contributed by atoms with van der Waals surface area (Å²) in [5.74, 6) is -0.878. The molecule has 2 heterocycles. The first-order valence-corrected chi connectivity index (χ1v) is 11.9. The zero-order valence-electron chi connectivity index (χ0n) is 17.7. The van der Waals surface area contributed by atoms with E-state index in [1.54, 1.807) is 40.3 Å². The molecule has 0 aromatic heterocycles. The fourth-order valence-corrected chi connectivity index (χ4v) is 4.99. The lowest BCUT2D eigenvalue weighted by molar-refractivity contribution is -0.896. The van der Waals surface area contributed by atoms with Crippen LogP contribution in [0.5, 0.6) is 0 Å². The molecule has 1 amide bonds. The molecule has 3 atom stereocenters. The van der Waals surface area contributed by atoms with Crippen LogP contribution in [0.4, 0.5) is 5.69 Å². The average Bonchev–Trinajstić information content (AvgIpc) is 2.94. The topological polar surface area (TPSA) is 63.4 Å². The van der Waals surface area contributed by atoms with Gasteiger partial charge in [-0.05, 0) is 48.7 Å². The Morgan fingerprint density at radius 2 is 1.62 bits per heavy atom. The summed E-state index contributed by atoms with van der Waals surface area (Å²) < 4.78 is 0. The number of benzene rings is 2. The Morgan fingerprint density at radius 3 is 2.25 bits per heavy atom. The van der Waals surface area contributed by atoms with E-state index in [0.29, 0.717) is 33.8 Å². The third-order valence-corrected chi connectivity index (χ3v) is 6.86. The zero-order valence-corrected chi connectivity index (χ0v) is 20.0. The van der Waals surface area contributed by atoms with Crippen molar-refractivity contribution in [1.82, 2.24) is 5.01 Å². The van der Waals surface area contributed by atoms with E-state index >= 15 is 0 Å². The molecule has 1 fully saturated rings. The summed E-state index contributed by atoms with van der Waals surface area (Å²) in [6, 6.07) is 12.2. The van der Waals surface area contributed by atoms with E-state index in [0.717, 1.165) is 31.2 Å². The van der Waals surface area contributed by atoms with Crippen LogP contribution in [0, 0.1) is 11.1 Å². The Morgan fingerprint density at radius 1 is 1.00 bits per heavy atom. The van der Waals surface area contributed by atoms with Gasteiger partial charge < -0.3 is 5.21 Å². The zero-order chi connectivity index (χ0) is 22.8. The van der Waals surface area contributed by atoms with Gasteiger partial charge in [-0.1, -0.05) is 66.7 Å². The van der Waals surface area contributed by atoms with Crippen LogP contribution in [0.3, 0.4) is 0 Å². The van der Waals surface area contributed by atoms with Crippen molar-refractivity contribution in [3.05, 3.63) is 68.3 Å². The van der Waals surface area contributed by atoms with Crippen molar-refractivity contribution in [3.8, 4) is 0 Å². The van der Waals surface area contributed by atoms with E-state index in [2.05, 4.69) is 5.10 Å². The van der Waals surface area contributed by atoms with Gasteiger partial charge in [-0.2, -0.15) is 5.10 Å². The molecule has 2 aliphatic heterocycles. The number of anilines is 1. The van der Waals surface area contributed by atoms with Gasteiger partial charge in [0.25, 0.3) is 0 Å². The first-order chi connectivity index (χ1) is 15.4. The predicted molar refractivity (Wildman–Crippen MR) is 129 cm³/mol. The first kappa shape index (κ1) is 23.5. The summed E-state index contributed by atoms with van der Waals surface area (Å²) in [6.45, 7) is 3.13. The van der Waals surface area contributed by atoms with Crippen molar-refractivity contribution >= 4 is 52.1 Å². The van der Waals surface area contributed by atoms with E-state index in [4.69, 9.17) is 34.8 Å². The van der Waals surface area contributed by atoms with Gasteiger partial charge in [-0.15, -0.1) is 5.01 Å². The second-order valence-corrected chi connectivity index (χ2v) is 9.53. The number of nitrogens with one attached hydrogen (secondary N) is 1. The second-order valence-electron chi connectivity index (χ2n) is 8.25. The lowest BCUT2D eigenvalue weighted by Gasteiger charge is -2.31. The number of hydrazone groups is 1. The van der Waals surface area contributed by atoms with Crippen molar-refractivity contribution < 1.29 is 9.97 Å². The molecular weight excluding hydrogens is 471 g/mol. The number of hydrogen-bond acceptors (Lipinski definition) is 5. The van der Waals surface area contributed by atoms with Crippen molar-refractivity contribution in [2.75, 3.05) is 18.1 Å². The SMILES string of the molecule is C[C@@H]1C(C(=O)[NH+]([O-])N2CCCCCC2)=NN(c2ccc(Cl)cc2Cl)[C@@H]1c1ccc(Cl)cc1. The average molecular weight is 496 g/mol. The Kier molecular flexibility index (Phi) is 7.40. The van der Waals surface area contributed by atoms with E-state index in [1.165, 1.54) is 0 Å². The number of carbonyl (C=O) groups is 1. The monoisotopic (exact) mass is 494 g/mol. The molecule has 0 spiro atoms. The number of nitrogens with zero attached hydrogens (tertiary/aromatic N) is 3. The molecule has 2 aliphatic rings. The minimum atomic E-state index is -0.550. The van der Waals surface area contributed by atoms with Gasteiger partial charge in [0.05, 0.1) is 16.8 Å². The van der Waals surface area contributed by atoms with E-state index in [1.807, 2.05) is 19.1 Å². The van der Waals surface area contributed by atoms with E-state index in [9.17, 15) is 10.0 Å². The lowest BCUT2D eigenvalue weighted by atomic mass is 9.91. The number of carbonyl (C=O) groups excluding carboxylic acids is 1. The molecular formula is C23H25Cl3N4O2. The summed E-state index contributed by atoms with van der Waals surface area (Å²) in [4.78, 5) is 13.3. The van der Waals surface area contributed by atoms with Crippen LogP contribution in [-0.2, 0) is 4.79 Å². The van der Waals surface area contributed by atoms with Crippen molar-refractivity contribution in [2.45, 2.75) is 38.6 Å². The lowest BCUT2D eigenvalue weighted by Crippen LogP contribution is -3.17. The molecule has 2 aromatic rings. The molecule has 1 saturated heterocycles. The van der Waals surface area contributed by atoms with Crippen LogP contribution >= 0.6 is 34.8 Å². The molecule has 0 bridgehead atoms. The number of quaternary nitrogens is 1. The largest absolute Gasteiger partial charge is 0.605 e. The van der Waals surface area contributed by atoms with Gasteiger partial charge in [0.15, 0.2) is 5.71 Å². The minimum Gasteiger partial charge on any atom is -0.605 e. The molecule has 0 radical (unpaired) electrons. The maximum Gasteiger partial charge on any atom is 0.380 e. The molecule has 0 saturated carbocycles. The fourth-order valence-electron chi connectivity index (χ4n) is 4.37. The van der Waals surface area contributed by atoms with Crippen molar-refractivity contribution in [3.63, 3.8) is 0 Å². The first-order valence-electron chi connectivity index (χ1n) is 10.8. The summed E-state index contributed by atoms with van der Waals surface area (Å²) in [5.41, 5.74) is 1.78. The van der Waals surface area contributed by atoms with Crippen LogP contribution in [-0.4, -0.2) is 29.7 Å². The Labute approximate surface area is 202 Å². The van der Waals surface area contributed by atoms with Gasteiger partial charge in [0.1, 0.15) is 0 Å². The summed E-state index contributed by atoms with van der Waals surface area (Å²) in [5, 5.41) is 22.1. The highest BCUT2D eigenvalue weighted by Gasteiger charge is 2.43. The number of hydrogen-bond donors (Lipinski definition) is 1. The summed E-state index contributed by atoms with van der Waals surface area (Å²) in [6.07, 6.45) is 4.00. The van der Waals surface area contributed by atoms with Crippen LogP contribution in [0.2, 0.25) is 15.1 Å². The number of halogens is 3. The Balaban J connectivity index is 1.70.